The van der Waals surface area contributed by atoms with Gasteiger partial charge in [-0.1, -0.05) is 18.2 Å². The fraction of sp³-hybridized carbons (Fsp3) is 0.684. The minimum absolute atomic E-state index is 0.676. The SMILES string of the molecule is CC(C)N1CCC(NCC2CCN(C)c3ccccc32)CC1. The van der Waals surface area contributed by atoms with E-state index in [1.165, 1.54) is 50.1 Å². The number of rotatable bonds is 4. The van der Waals surface area contributed by atoms with Gasteiger partial charge < -0.3 is 15.1 Å². The number of piperidine rings is 1. The topological polar surface area (TPSA) is 18.5 Å². The van der Waals surface area contributed by atoms with Crippen LogP contribution in [0.5, 0.6) is 0 Å². The second-order valence-electron chi connectivity index (χ2n) is 7.28. The van der Waals surface area contributed by atoms with Gasteiger partial charge in [-0.2, -0.15) is 0 Å². The molecule has 1 unspecified atom stereocenters. The molecule has 0 radical (unpaired) electrons. The molecule has 3 rings (SSSR count). The smallest absolute Gasteiger partial charge is 0.0399 e. The molecule has 0 bridgehead atoms. The Labute approximate surface area is 135 Å². The lowest BCUT2D eigenvalue weighted by Crippen LogP contribution is -2.46. The first-order valence-electron chi connectivity index (χ1n) is 8.92. The van der Waals surface area contributed by atoms with E-state index in [4.69, 9.17) is 0 Å². The molecule has 2 aliphatic heterocycles. The first-order valence-corrected chi connectivity index (χ1v) is 8.92. The minimum Gasteiger partial charge on any atom is -0.374 e. The van der Waals surface area contributed by atoms with Gasteiger partial charge in [0.2, 0.25) is 0 Å². The number of hydrogen-bond donors (Lipinski definition) is 1. The molecule has 22 heavy (non-hydrogen) atoms. The van der Waals surface area contributed by atoms with Crippen LogP contribution in [0.2, 0.25) is 0 Å². The van der Waals surface area contributed by atoms with Crippen LogP contribution in [0.3, 0.4) is 0 Å². The van der Waals surface area contributed by atoms with E-state index in [9.17, 15) is 0 Å². The van der Waals surface area contributed by atoms with Gasteiger partial charge in [0.05, 0.1) is 0 Å². The number of nitrogens with zero attached hydrogens (tertiary/aromatic N) is 2. The Morgan fingerprint density at radius 1 is 1.09 bits per heavy atom. The van der Waals surface area contributed by atoms with Crippen molar-refractivity contribution in [1.29, 1.82) is 0 Å². The van der Waals surface area contributed by atoms with Crippen LogP contribution in [0.4, 0.5) is 5.69 Å². The second-order valence-corrected chi connectivity index (χ2v) is 7.28. The summed E-state index contributed by atoms with van der Waals surface area (Å²) in [6, 6.07) is 10.3. The second kappa shape index (κ2) is 7.01. The summed E-state index contributed by atoms with van der Waals surface area (Å²) in [4.78, 5) is 5.00. The van der Waals surface area contributed by atoms with Gasteiger partial charge in [0, 0.05) is 43.8 Å². The van der Waals surface area contributed by atoms with E-state index in [1.807, 2.05) is 0 Å². The molecular weight excluding hydrogens is 270 g/mol. The first-order chi connectivity index (χ1) is 10.6. The maximum absolute atomic E-state index is 3.86. The number of likely N-dealkylation sites (tertiary alicyclic amines) is 1. The van der Waals surface area contributed by atoms with Gasteiger partial charge in [-0.3, -0.25) is 0 Å². The molecule has 1 atom stereocenters. The van der Waals surface area contributed by atoms with Gasteiger partial charge in [-0.05, 0) is 57.8 Å². The highest BCUT2D eigenvalue weighted by Crippen LogP contribution is 2.33. The Balaban J connectivity index is 1.54. The van der Waals surface area contributed by atoms with Gasteiger partial charge in [0.25, 0.3) is 0 Å². The molecule has 0 aromatic heterocycles. The molecular formula is C19H31N3. The van der Waals surface area contributed by atoms with E-state index in [0.29, 0.717) is 18.0 Å². The van der Waals surface area contributed by atoms with Crippen molar-refractivity contribution >= 4 is 5.69 Å². The lowest BCUT2D eigenvalue weighted by atomic mass is 9.89. The molecule has 122 valence electrons. The van der Waals surface area contributed by atoms with Crippen molar-refractivity contribution in [2.24, 2.45) is 0 Å². The van der Waals surface area contributed by atoms with Crippen LogP contribution in [0, 0.1) is 0 Å². The van der Waals surface area contributed by atoms with Crippen molar-refractivity contribution in [2.75, 3.05) is 38.1 Å². The summed E-state index contributed by atoms with van der Waals surface area (Å²) in [6.07, 6.45) is 3.87. The van der Waals surface area contributed by atoms with Gasteiger partial charge >= 0.3 is 0 Å². The molecule has 1 fully saturated rings. The van der Waals surface area contributed by atoms with Crippen LogP contribution < -0.4 is 10.2 Å². The van der Waals surface area contributed by atoms with Crippen LogP contribution in [-0.2, 0) is 0 Å². The molecule has 0 saturated carbocycles. The summed E-state index contributed by atoms with van der Waals surface area (Å²) >= 11 is 0. The molecule has 3 nitrogen and oxygen atoms in total. The molecule has 1 aromatic rings. The largest absolute Gasteiger partial charge is 0.374 e. The Morgan fingerprint density at radius 3 is 2.55 bits per heavy atom. The zero-order chi connectivity index (χ0) is 15.5. The zero-order valence-corrected chi connectivity index (χ0v) is 14.4. The Kier molecular flexibility index (Phi) is 5.04. The summed E-state index contributed by atoms with van der Waals surface area (Å²) < 4.78 is 0. The Morgan fingerprint density at radius 2 is 1.82 bits per heavy atom. The standard InChI is InChI=1S/C19H31N3/c1-15(2)22-12-9-17(10-13-22)20-14-16-8-11-21(3)19-7-5-4-6-18(16)19/h4-7,15-17,20H,8-14H2,1-3H3. The van der Waals surface area contributed by atoms with E-state index in [1.54, 1.807) is 0 Å². The lowest BCUT2D eigenvalue weighted by molar-refractivity contribution is 0.160. The maximum atomic E-state index is 3.86. The molecule has 1 saturated heterocycles. The molecule has 3 heteroatoms. The summed E-state index contributed by atoms with van der Waals surface area (Å²) in [5.41, 5.74) is 2.96. The molecule has 2 heterocycles. The average molecular weight is 301 g/mol. The highest BCUT2D eigenvalue weighted by atomic mass is 15.2. The Bertz CT molecular complexity index is 477. The molecule has 0 amide bonds. The van der Waals surface area contributed by atoms with E-state index in [2.05, 4.69) is 60.3 Å². The van der Waals surface area contributed by atoms with Crippen molar-refractivity contribution in [1.82, 2.24) is 10.2 Å². The summed E-state index contributed by atoms with van der Waals surface area (Å²) in [5.74, 6) is 0.676. The highest BCUT2D eigenvalue weighted by molar-refractivity contribution is 5.56. The predicted molar refractivity (Wildman–Crippen MR) is 94.8 cm³/mol. The molecule has 0 aliphatic carbocycles. The van der Waals surface area contributed by atoms with E-state index < -0.39 is 0 Å². The van der Waals surface area contributed by atoms with Crippen molar-refractivity contribution in [3.05, 3.63) is 29.8 Å². The fourth-order valence-electron chi connectivity index (χ4n) is 3.95. The molecule has 1 aromatic carbocycles. The monoisotopic (exact) mass is 301 g/mol. The number of hydrogen-bond acceptors (Lipinski definition) is 3. The normalized spacial score (nSPS) is 23.8. The quantitative estimate of drug-likeness (QED) is 0.922. The predicted octanol–water partition coefficient (Wildman–Crippen LogP) is 3.07. The van der Waals surface area contributed by atoms with Crippen LogP contribution in [0.15, 0.2) is 24.3 Å². The Hall–Kier alpha value is -1.06. The number of benzene rings is 1. The number of fused-ring (bicyclic) bond motifs is 1. The van der Waals surface area contributed by atoms with Crippen molar-refractivity contribution < 1.29 is 0 Å². The van der Waals surface area contributed by atoms with Gasteiger partial charge in [-0.25, -0.2) is 0 Å². The lowest BCUT2D eigenvalue weighted by Gasteiger charge is -2.37. The van der Waals surface area contributed by atoms with Gasteiger partial charge in [-0.15, -0.1) is 0 Å². The average Bonchev–Trinajstić information content (AvgIpc) is 2.55. The van der Waals surface area contributed by atoms with E-state index in [0.717, 1.165) is 6.54 Å². The molecule has 0 spiro atoms. The number of nitrogens with one attached hydrogen (secondary N) is 1. The third-order valence-electron chi connectivity index (χ3n) is 5.51. The van der Waals surface area contributed by atoms with Crippen molar-refractivity contribution in [3.8, 4) is 0 Å². The van der Waals surface area contributed by atoms with Crippen LogP contribution in [-0.4, -0.2) is 50.2 Å². The number of anilines is 1. The van der Waals surface area contributed by atoms with E-state index >= 15 is 0 Å². The van der Waals surface area contributed by atoms with E-state index in [-0.39, 0.29) is 0 Å². The highest BCUT2D eigenvalue weighted by Gasteiger charge is 2.25. The van der Waals surface area contributed by atoms with Crippen LogP contribution in [0.1, 0.15) is 44.6 Å². The van der Waals surface area contributed by atoms with Gasteiger partial charge in [0.1, 0.15) is 0 Å². The number of para-hydroxylation sites is 1. The van der Waals surface area contributed by atoms with Crippen LogP contribution in [0.25, 0.3) is 0 Å². The van der Waals surface area contributed by atoms with Crippen molar-refractivity contribution in [3.63, 3.8) is 0 Å². The molecule has 2 aliphatic rings. The summed E-state index contributed by atoms with van der Waals surface area (Å²) in [5, 5.41) is 3.86. The van der Waals surface area contributed by atoms with Crippen molar-refractivity contribution in [2.45, 2.75) is 51.1 Å². The minimum atomic E-state index is 0.676. The maximum Gasteiger partial charge on any atom is 0.0399 e. The summed E-state index contributed by atoms with van der Waals surface area (Å²) in [7, 11) is 2.21. The third kappa shape index (κ3) is 3.47. The first kappa shape index (κ1) is 15.8. The summed E-state index contributed by atoms with van der Waals surface area (Å²) in [6.45, 7) is 9.43. The van der Waals surface area contributed by atoms with Crippen LogP contribution >= 0.6 is 0 Å². The van der Waals surface area contributed by atoms with Gasteiger partial charge in [0.15, 0.2) is 0 Å². The third-order valence-corrected chi connectivity index (χ3v) is 5.51. The zero-order valence-electron chi connectivity index (χ0n) is 14.4. The fourth-order valence-corrected chi connectivity index (χ4v) is 3.95. The molecule has 1 N–H and O–H groups in total.